The molecule has 2 rings (SSSR count). The number of carbonyl (C=O) groups is 1. The van der Waals surface area contributed by atoms with Gasteiger partial charge in [-0.15, -0.1) is 0 Å². The van der Waals surface area contributed by atoms with Crippen LogP contribution in [0.4, 0.5) is 0 Å². The van der Waals surface area contributed by atoms with Gasteiger partial charge in [-0.05, 0) is 18.2 Å². The molecule has 19 heavy (non-hydrogen) atoms. The molecule has 1 aromatic carbocycles. The highest BCUT2D eigenvalue weighted by atomic mass is 16.5. The van der Waals surface area contributed by atoms with Crippen LogP contribution >= 0.6 is 0 Å². The molecule has 1 aromatic heterocycles. The number of rotatable bonds is 5. The molecule has 0 saturated heterocycles. The van der Waals surface area contributed by atoms with E-state index in [-0.39, 0.29) is 17.9 Å². The van der Waals surface area contributed by atoms with E-state index >= 15 is 0 Å². The third kappa shape index (κ3) is 3.04. The topological polar surface area (TPSA) is 73.6 Å². The first-order valence-electron chi connectivity index (χ1n) is 5.63. The molecule has 0 aliphatic rings. The summed E-state index contributed by atoms with van der Waals surface area (Å²) >= 11 is 0. The lowest BCUT2D eigenvalue weighted by molar-refractivity contribution is 0.0691. The Bertz CT molecular complexity index is 592. The summed E-state index contributed by atoms with van der Waals surface area (Å²) in [6, 6.07) is 6.39. The molecule has 0 bridgehead atoms. The molecule has 0 aliphatic carbocycles. The Hall–Kier alpha value is -2.50. The molecule has 0 atom stereocenters. The number of aromatic nitrogens is 2. The standard InChI is InChI=1S/C13H14N2O4/c1-15-6-5-9(14-15)8-19-12-7-10(18-2)3-4-11(12)13(16)17/h3-7H,8H2,1-2H3,(H,16,17). The van der Waals surface area contributed by atoms with Crippen LogP contribution in [-0.4, -0.2) is 28.0 Å². The second-order valence-electron chi connectivity index (χ2n) is 3.94. The highest BCUT2D eigenvalue weighted by molar-refractivity contribution is 5.91. The van der Waals surface area contributed by atoms with E-state index in [1.54, 1.807) is 36.1 Å². The van der Waals surface area contributed by atoms with Crippen molar-refractivity contribution in [3.8, 4) is 11.5 Å². The predicted octanol–water partition coefficient (Wildman–Crippen LogP) is 1.71. The molecule has 0 aliphatic heterocycles. The summed E-state index contributed by atoms with van der Waals surface area (Å²) in [6.07, 6.45) is 1.79. The summed E-state index contributed by atoms with van der Waals surface area (Å²) in [5, 5.41) is 13.2. The number of methoxy groups -OCH3 is 1. The fraction of sp³-hybridized carbons (Fsp3) is 0.231. The van der Waals surface area contributed by atoms with Crippen LogP contribution in [0.2, 0.25) is 0 Å². The minimum absolute atomic E-state index is 0.0942. The fourth-order valence-electron chi connectivity index (χ4n) is 1.62. The number of aryl methyl sites for hydroxylation is 1. The van der Waals surface area contributed by atoms with Gasteiger partial charge in [-0.2, -0.15) is 5.10 Å². The van der Waals surface area contributed by atoms with Crippen molar-refractivity contribution < 1.29 is 19.4 Å². The zero-order valence-corrected chi connectivity index (χ0v) is 10.7. The summed E-state index contributed by atoms with van der Waals surface area (Å²) in [5.74, 6) is -0.239. The molecular weight excluding hydrogens is 248 g/mol. The lowest BCUT2D eigenvalue weighted by Gasteiger charge is -2.09. The van der Waals surface area contributed by atoms with E-state index in [9.17, 15) is 4.79 Å². The Kier molecular flexibility index (Phi) is 3.70. The number of carboxylic acid groups (broad SMARTS) is 1. The predicted molar refractivity (Wildman–Crippen MR) is 67.5 cm³/mol. The molecule has 0 unspecified atom stereocenters. The maximum atomic E-state index is 11.1. The van der Waals surface area contributed by atoms with Crippen LogP contribution in [0.15, 0.2) is 30.5 Å². The maximum Gasteiger partial charge on any atom is 0.339 e. The van der Waals surface area contributed by atoms with Crippen molar-refractivity contribution in [1.82, 2.24) is 9.78 Å². The van der Waals surface area contributed by atoms with Crippen LogP contribution in [0.25, 0.3) is 0 Å². The van der Waals surface area contributed by atoms with E-state index < -0.39 is 5.97 Å². The molecule has 0 radical (unpaired) electrons. The van der Waals surface area contributed by atoms with Crippen LogP contribution in [-0.2, 0) is 13.7 Å². The summed E-state index contributed by atoms with van der Waals surface area (Å²) < 4.78 is 12.2. The molecule has 1 N–H and O–H groups in total. The van der Waals surface area contributed by atoms with Gasteiger partial charge in [0.15, 0.2) is 0 Å². The Morgan fingerprint density at radius 2 is 2.21 bits per heavy atom. The van der Waals surface area contributed by atoms with Crippen molar-refractivity contribution in [2.24, 2.45) is 7.05 Å². The van der Waals surface area contributed by atoms with E-state index in [2.05, 4.69) is 5.10 Å². The lowest BCUT2D eigenvalue weighted by Crippen LogP contribution is -2.04. The Balaban J connectivity index is 2.19. The third-order valence-electron chi connectivity index (χ3n) is 2.56. The number of benzene rings is 1. The van der Waals surface area contributed by atoms with Gasteiger partial charge >= 0.3 is 5.97 Å². The average molecular weight is 262 g/mol. The molecule has 0 saturated carbocycles. The molecule has 6 heteroatoms. The third-order valence-corrected chi connectivity index (χ3v) is 2.56. The van der Waals surface area contributed by atoms with Crippen molar-refractivity contribution in [3.63, 3.8) is 0 Å². The Morgan fingerprint density at radius 1 is 1.42 bits per heavy atom. The number of hydrogen-bond acceptors (Lipinski definition) is 4. The second-order valence-corrected chi connectivity index (χ2v) is 3.94. The summed E-state index contributed by atoms with van der Waals surface area (Å²) in [7, 11) is 3.32. The number of ether oxygens (including phenoxy) is 2. The van der Waals surface area contributed by atoms with Gasteiger partial charge in [-0.25, -0.2) is 4.79 Å². The normalized spacial score (nSPS) is 10.2. The first-order chi connectivity index (χ1) is 9.10. The van der Waals surface area contributed by atoms with Gasteiger partial charge in [0.05, 0.1) is 12.8 Å². The molecule has 0 spiro atoms. The van der Waals surface area contributed by atoms with E-state index in [1.807, 2.05) is 0 Å². The largest absolute Gasteiger partial charge is 0.497 e. The lowest BCUT2D eigenvalue weighted by atomic mass is 10.2. The fourth-order valence-corrected chi connectivity index (χ4v) is 1.62. The van der Waals surface area contributed by atoms with Gasteiger partial charge in [0.2, 0.25) is 0 Å². The van der Waals surface area contributed by atoms with E-state index in [0.717, 1.165) is 5.69 Å². The maximum absolute atomic E-state index is 11.1. The van der Waals surface area contributed by atoms with E-state index in [0.29, 0.717) is 5.75 Å². The van der Waals surface area contributed by atoms with Gasteiger partial charge in [-0.1, -0.05) is 0 Å². The smallest absolute Gasteiger partial charge is 0.339 e. The second kappa shape index (κ2) is 5.43. The molecular formula is C13H14N2O4. The van der Waals surface area contributed by atoms with Crippen LogP contribution < -0.4 is 9.47 Å². The summed E-state index contributed by atoms with van der Waals surface area (Å²) in [5.41, 5.74) is 0.818. The monoisotopic (exact) mass is 262 g/mol. The highest BCUT2D eigenvalue weighted by Gasteiger charge is 2.13. The number of hydrogen-bond donors (Lipinski definition) is 1. The summed E-state index contributed by atoms with van der Waals surface area (Å²) in [6.45, 7) is 0.203. The summed E-state index contributed by atoms with van der Waals surface area (Å²) in [4.78, 5) is 11.1. The van der Waals surface area contributed by atoms with Gasteiger partial charge in [0, 0.05) is 19.3 Å². The van der Waals surface area contributed by atoms with Crippen LogP contribution in [0.3, 0.4) is 0 Å². The molecule has 2 aromatic rings. The van der Waals surface area contributed by atoms with Gasteiger partial charge < -0.3 is 14.6 Å². The first-order valence-corrected chi connectivity index (χ1v) is 5.63. The van der Waals surface area contributed by atoms with Gasteiger partial charge in [-0.3, -0.25) is 4.68 Å². The minimum atomic E-state index is -1.04. The molecule has 0 fully saturated rings. The molecule has 0 amide bonds. The quantitative estimate of drug-likeness (QED) is 0.887. The molecule has 6 nitrogen and oxygen atoms in total. The number of aromatic carboxylic acids is 1. The zero-order chi connectivity index (χ0) is 13.8. The SMILES string of the molecule is COc1ccc(C(=O)O)c(OCc2ccn(C)n2)c1. The van der Waals surface area contributed by atoms with Crippen LogP contribution in [0, 0.1) is 0 Å². The zero-order valence-electron chi connectivity index (χ0n) is 10.7. The Labute approximate surface area is 110 Å². The van der Waals surface area contributed by atoms with Crippen molar-refractivity contribution in [3.05, 3.63) is 41.7 Å². The van der Waals surface area contributed by atoms with Crippen molar-refractivity contribution in [2.75, 3.05) is 7.11 Å². The minimum Gasteiger partial charge on any atom is -0.497 e. The van der Waals surface area contributed by atoms with Crippen LogP contribution in [0.5, 0.6) is 11.5 Å². The molecule has 100 valence electrons. The molecule has 1 heterocycles. The highest BCUT2D eigenvalue weighted by Crippen LogP contribution is 2.25. The van der Waals surface area contributed by atoms with Crippen molar-refractivity contribution in [1.29, 1.82) is 0 Å². The van der Waals surface area contributed by atoms with Crippen molar-refractivity contribution >= 4 is 5.97 Å². The van der Waals surface area contributed by atoms with Gasteiger partial charge in [0.1, 0.15) is 23.7 Å². The first kappa shape index (κ1) is 12.9. The van der Waals surface area contributed by atoms with E-state index in [4.69, 9.17) is 14.6 Å². The number of nitrogens with zero attached hydrogens (tertiary/aromatic N) is 2. The van der Waals surface area contributed by atoms with Crippen LogP contribution in [0.1, 0.15) is 16.1 Å². The number of carboxylic acids is 1. The Morgan fingerprint density at radius 3 is 2.79 bits per heavy atom. The average Bonchev–Trinajstić information content (AvgIpc) is 2.81. The van der Waals surface area contributed by atoms with Crippen molar-refractivity contribution in [2.45, 2.75) is 6.61 Å². The van der Waals surface area contributed by atoms with E-state index in [1.165, 1.54) is 13.2 Å². The van der Waals surface area contributed by atoms with Gasteiger partial charge in [0.25, 0.3) is 0 Å².